The summed E-state index contributed by atoms with van der Waals surface area (Å²) in [6, 6.07) is 0. The lowest BCUT2D eigenvalue weighted by Crippen LogP contribution is -1.99. The zero-order chi connectivity index (χ0) is 8.81. The van der Waals surface area contributed by atoms with Crippen LogP contribution in [0.5, 0.6) is 0 Å². The molecule has 0 aliphatic rings. The van der Waals surface area contributed by atoms with E-state index in [1.165, 1.54) is 0 Å². The summed E-state index contributed by atoms with van der Waals surface area (Å²) < 4.78 is 0.873. The molecule has 0 radical (unpaired) electrons. The molecule has 0 saturated carbocycles. The van der Waals surface area contributed by atoms with Crippen LogP contribution in [-0.4, -0.2) is 18.1 Å². The third-order valence-corrected chi connectivity index (χ3v) is 2.66. The Morgan fingerprint density at radius 2 is 2.50 bits per heavy atom. The zero-order valence-corrected chi connectivity index (χ0v) is 8.86. The van der Waals surface area contributed by atoms with Crippen molar-refractivity contribution in [1.29, 1.82) is 0 Å². The molecule has 12 heavy (non-hydrogen) atoms. The Balaban J connectivity index is 2.28. The Hall–Kier alpha value is -0.390. The maximum Gasteiger partial charge on any atom is 0.183 e. The molecule has 0 atom stereocenters. The molecule has 0 fully saturated rings. The number of anilines is 1. The number of nitrogens with zero attached hydrogens (tertiary/aromatic N) is 1. The minimum absolute atomic E-state index is 0.587. The van der Waals surface area contributed by atoms with E-state index in [1.54, 1.807) is 11.3 Å². The normalized spacial score (nSPS) is 10.8. The Labute approximate surface area is 83.8 Å². The Bertz CT molecular complexity index is 259. The number of aromatic nitrogens is 1. The molecule has 3 N–H and O–H groups in total. The number of halogens is 1. The number of hydrogen-bond acceptors (Lipinski definition) is 4. The molecule has 3 nitrogen and oxygen atoms in total. The van der Waals surface area contributed by atoms with Crippen LogP contribution in [-0.2, 0) is 0 Å². The fourth-order valence-electron chi connectivity index (χ4n) is 0.661. The van der Waals surface area contributed by atoms with E-state index in [1.807, 2.05) is 17.5 Å². The molecule has 0 aliphatic carbocycles. The Morgan fingerprint density at radius 1 is 1.67 bits per heavy atom. The highest BCUT2D eigenvalue weighted by Crippen LogP contribution is 2.18. The minimum atomic E-state index is 0.587. The van der Waals surface area contributed by atoms with Gasteiger partial charge in [0.1, 0.15) is 4.60 Å². The molecular weight excluding hydrogens is 238 g/mol. The van der Waals surface area contributed by atoms with E-state index in [0.717, 1.165) is 16.3 Å². The van der Waals surface area contributed by atoms with Crippen LogP contribution in [0, 0.1) is 0 Å². The second-order valence-corrected chi connectivity index (χ2v) is 3.73. The van der Waals surface area contributed by atoms with Gasteiger partial charge < -0.3 is 11.1 Å². The van der Waals surface area contributed by atoms with E-state index >= 15 is 0 Å². The molecule has 0 amide bonds. The van der Waals surface area contributed by atoms with Crippen LogP contribution < -0.4 is 11.1 Å². The van der Waals surface area contributed by atoms with Crippen molar-refractivity contribution in [2.75, 3.05) is 18.4 Å². The van der Waals surface area contributed by atoms with Gasteiger partial charge in [-0.05, 0) is 15.9 Å². The fourth-order valence-corrected chi connectivity index (χ4v) is 1.82. The molecule has 0 unspecified atom stereocenters. The van der Waals surface area contributed by atoms with E-state index < -0.39 is 0 Å². The highest BCUT2D eigenvalue weighted by atomic mass is 79.9. The first-order chi connectivity index (χ1) is 5.83. The molecule has 66 valence electrons. The van der Waals surface area contributed by atoms with Gasteiger partial charge in [-0.1, -0.05) is 12.2 Å². The number of nitrogens with two attached hydrogens (primary N) is 1. The summed E-state index contributed by atoms with van der Waals surface area (Å²) in [5, 5.41) is 5.99. The summed E-state index contributed by atoms with van der Waals surface area (Å²) in [4.78, 5) is 4.17. The lowest BCUT2D eigenvalue weighted by molar-refractivity contribution is 1.21. The van der Waals surface area contributed by atoms with Gasteiger partial charge in [0.25, 0.3) is 0 Å². The molecule has 1 aromatic rings. The molecule has 0 spiro atoms. The van der Waals surface area contributed by atoms with Gasteiger partial charge >= 0.3 is 0 Å². The van der Waals surface area contributed by atoms with E-state index in [4.69, 9.17) is 5.73 Å². The summed E-state index contributed by atoms with van der Waals surface area (Å²) in [6.07, 6.45) is 3.89. The first-order valence-corrected chi connectivity index (χ1v) is 5.20. The average molecular weight is 248 g/mol. The second-order valence-electron chi connectivity index (χ2n) is 2.06. The van der Waals surface area contributed by atoms with Crippen molar-refractivity contribution >= 4 is 32.4 Å². The Kier molecular flexibility index (Phi) is 4.27. The molecule has 0 aromatic carbocycles. The molecule has 0 bridgehead atoms. The van der Waals surface area contributed by atoms with Crippen molar-refractivity contribution in [2.45, 2.75) is 0 Å². The van der Waals surface area contributed by atoms with Crippen molar-refractivity contribution in [3.63, 3.8) is 0 Å². The maximum atomic E-state index is 5.28. The minimum Gasteiger partial charge on any atom is -0.358 e. The van der Waals surface area contributed by atoms with E-state index in [2.05, 4.69) is 26.2 Å². The van der Waals surface area contributed by atoms with Crippen molar-refractivity contribution in [3.05, 3.63) is 22.1 Å². The second kappa shape index (κ2) is 5.29. The van der Waals surface area contributed by atoms with Gasteiger partial charge in [0, 0.05) is 18.5 Å². The van der Waals surface area contributed by atoms with Gasteiger partial charge in [0.15, 0.2) is 5.13 Å². The van der Waals surface area contributed by atoms with E-state index in [9.17, 15) is 0 Å². The van der Waals surface area contributed by atoms with Gasteiger partial charge in [-0.3, -0.25) is 0 Å². The number of thiazole rings is 1. The predicted molar refractivity (Wildman–Crippen MR) is 56.5 cm³/mol. The van der Waals surface area contributed by atoms with Crippen molar-refractivity contribution in [3.8, 4) is 0 Å². The third kappa shape index (κ3) is 3.34. The van der Waals surface area contributed by atoms with Gasteiger partial charge in [0.05, 0.1) is 0 Å². The van der Waals surface area contributed by atoms with Gasteiger partial charge in [-0.2, -0.15) is 0 Å². The highest BCUT2D eigenvalue weighted by molar-refractivity contribution is 9.10. The molecule has 1 rings (SSSR count). The lowest BCUT2D eigenvalue weighted by atomic mass is 10.5. The SMILES string of the molecule is NC/C=C/CNc1nc(Br)cs1. The van der Waals surface area contributed by atoms with E-state index in [0.29, 0.717) is 6.54 Å². The summed E-state index contributed by atoms with van der Waals surface area (Å²) in [5.41, 5.74) is 5.28. The van der Waals surface area contributed by atoms with Crippen molar-refractivity contribution in [2.24, 2.45) is 5.73 Å². The van der Waals surface area contributed by atoms with Crippen LogP contribution in [0.25, 0.3) is 0 Å². The monoisotopic (exact) mass is 247 g/mol. The zero-order valence-electron chi connectivity index (χ0n) is 6.46. The number of rotatable bonds is 4. The van der Waals surface area contributed by atoms with Crippen LogP contribution in [0.2, 0.25) is 0 Å². The van der Waals surface area contributed by atoms with Crippen molar-refractivity contribution < 1.29 is 0 Å². The van der Waals surface area contributed by atoms with Gasteiger partial charge in [0.2, 0.25) is 0 Å². The molecular formula is C7H10BrN3S. The number of hydrogen-bond donors (Lipinski definition) is 2. The van der Waals surface area contributed by atoms with Gasteiger partial charge in [-0.15, -0.1) is 11.3 Å². The van der Waals surface area contributed by atoms with Crippen molar-refractivity contribution in [1.82, 2.24) is 4.98 Å². The largest absolute Gasteiger partial charge is 0.358 e. The smallest absolute Gasteiger partial charge is 0.183 e. The summed E-state index contributed by atoms with van der Waals surface area (Å²) >= 11 is 4.85. The summed E-state index contributed by atoms with van der Waals surface area (Å²) in [6.45, 7) is 1.36. The van der Waals surface area contributed by atoms with Crippen LogP contribution >= 0.6 is 27.3 Å². The standard InChI is InChI=1S/C7H10BrN3S/c8-6-5-12-7(11-6)10-4-2-1-3-9/h1-2,5H,3-4,9H2,(H,10,11)/b2-1+. The lowest BCUT2D eigenvalue weighted by Gasteiger charge is -1.94. The molecule has 0 aliphatic heterocycles. The van der Waals surface area contributed by atoms with E-state index in [-0.39, 0.29) is 0 Å². The Morgan fingerprint density at radius 3 is 3.08 bits per heavy atom. The third-order valence-electron chi connectivity index (χ3n) is 1.15. The van der Waals surface area contributed by atoms with Crippen LogP contribution in [0.3, 0.4) is 0 Å². The molecule has 5 heteroatoms. The van der Waals surface area contributed by atoms with Crippen LogP contribution in [0.1, 0.15) is 0 Å². The fraction of sp³-hybridized carbons (Fsp3) is 0.286. The van der Waals surface area contributed by atoms with Gasteiger partial charge in [-0.25, -0.2) is 4.98 Å². The highest BCUT2D eigenvalue weighted by Gasteiger charge is 1.94. The molecule has 0 saturated heterocycles. The number of nitrogens with one attached hydrogen (secondary N) is 1. The predicted octanol–water partition coefficient (Wildman–Crippen LogP) is 1.83. The summed E-state index contributed by atoms with van der Waals surface area (Å²) in [5.74, 6) is 0. The summed E-state index contributed by atoms with van der Waals surface area (Å²) in [7, 11) is 0. The molecule has 1 aromatic heterocycles. The molecule has 1 heterocycles. The first kappa shape index (κ1) is 9.70. The average Bonchev–Trinajstić information content (AvgIpc) is 2.45. The first-order valence-electron chi connectivity index (χ1n) is 3.53. The maximum absolute atomic E-state index is 5.28. The topological polar surface area (TPSA) is 50.9 Å². The van der Waals surface area contributed by atoms with Crippen LogP contribution in [0.15, 0.2) is 22.1 Å². The quantitative estimate of drug-likeness (QED) is 0.799. The van der Waals surface area contributed by atoms with Crippen LogP contribution in [0.4, 0.5) is 5.13 Å².